The van der Waals surface area contributed by atoms with E-state index < -0.39 is 0 Å². The van der Waals surface area contributed by atoms with Crippen LogP contribution in [-0.4, -0.2) is 17.4 Å². The van der Waals surface area contributed by atoms with Crippen LogP contribution in [0.1, 0.15) is 27.7 Å². The third-order valence-corrected chi connectivity index (χ3v) is 5.13. The minimum absolute atomic E-state index is 0.212. The van der Waals surface area contributed by atoms with E-state index in [1.54, 1.807) is 0 Å². The van der Waals surface area contributed by atoms with Gasteiger partial charge >= 0.3 is 0 Å². The molecule has 1 amide bonds. The number of anilines is 2. The Balaban J connectivity index is 1.44. The molecule has 0 saturated heterocycles. The van der Waals surface area contributed by atoms with Crippen molar-refractivity contribution in [3.8, 4) is 0 Å². The standard InChI is InChI=1S/C21H19N3O2S/c1-2-22-15-9-7-14(8-10-15)11-16-12-23-21(27-16)24-20(25)18-13-26-19-6-4-3-5-17(18)19/h3-10,12-13,22H,2,11H2,1H3,(H,23,24,25). The maximum Gasteiger partial charge on any atom is 0.261 e. The number of hydrogen-bond donors (Lipinski definition) is 2. The normalized spacial score (nSPS) is 10.9. The van der Waals surface area contributed by atoms with Gasteiger partial charge in [-0.2, -0.15) is 0 Å². The quantitative estimate of drug-likeness (QED) is 0.487. The topological polar surface area (TPSA) is 67.2 Å². The number of para-hydroxylation sites is 1. The van der Waals surface area contributed by atoms with E-state index in [1.807, 2.05) is 30.5 Å². The lowest BCUT2D eigenvalue weighted by molar-refractivity contribution is 0.102. The largest absolute Gasteiger partial charge is 0.463 e. The van der Waals surface area contributed by atoms with E-state index in [1.165, 1.54) is 23.2 Å². The van der Waals surface area contributed by atoms with Gasteiger partial charge in [-0.25, -0.2) is 4.98 Å². The summed E-state index contributed by atoms with van der Waals surface area (Å²) in [6, 6.07) is 15.8. The lowest BCUT2D eigenvalue weighted by Gasteiger charge is -2.04. The molecule has 2 aromatic carbocycles. The second kappa shape index (κ2) is 7.63. The number of nitrogens with one attached hydrogen (secondary N) is 2. The second-order valence-electron chi connectivity index (χ2n) is 6.14. The van der Waals surface area contributed by atoms with E-state index in [-0.39, 0.29) is 5.91 Å². The van der Waals surface area contributed by atoms with Gasteiger partial charge in [0.25, 0.3) is 5.91 Å². The summed E-state index contributed by atoms with van der Waals surface area (Å²) in [6.45, 7) is 2.98. The molecule has 0 aliphatic heterocycles. The molecule has 27 heavy (non-hydrogen) atoms. The molecule has 5 nitrogen and oxygen atoms in total. The van der Waals surface area contributed by atoms with Crippen LogP contribution in [-0.2, 0) is 6.42 Å². The summed E-state index contributed by atoms with van der Waals surface area (Å²) in [5.74, 6) is -0.212. The Morgan fingerprint density at radius 3 is 2.78 bits per heavy atom. The zero-order valence-electron chi connectivity index (χ0n) is 14.9. The average Bonchev–Trinajstić information content (AvgIpc) is 3.30. The zero-order valence-corrected chi connectivity index (χ0v) is 15.7. The van der Waals surface area contributed by atoms with Gasteiger partial charge in [0.2, 0.25) is 0 Å². The number of fused-ring (bicyclic) bond motifs is 1. The van der Waals surface area contributed by atoms with Crippen LogP contribution in [0.4, 0.5) is 10.8 Å². The minimum atomic E-state index is -0.212. The third-order valence-electron chi connectivity index (χ3n) is 4.21. The van der Waals surface area contributed by atoms with Crippen LogP contribution in [0, 0.1) is 0 Å². The number of benzene rings is 2. The molecule has 6 heteroatoms. The summed E-state index contributed by atoms with van der Waals surface area (Å²) in [5.41, 5.74) is 3.54. The number of hydrogen-bond acceptors (Lipinski definition) is 5. The highest BCUT2D eigenvalue weighted by atomic mass is 32.1. The van der Waals surface area contributed by atoms with Crippen molar-refractivity contribution in [1.29, 1.82) is 0 Å². The molecule has 4 rings (SSSR count). The monoisotopic (exact) mass is 377 g/mol. The maximum absolute atomic E-state index is 12.5. The van der Waals surface area contributed by atoms with E-state index in [2.05, 4.69) is 46.8 Å². The molecule has 0 saturated carbocycles. The number of thiazole rings is 1. The molecule has 2 N–H and O–H groups in total. The van der Waals surface area contributed by atoms with Gasteiger partial charge in [-0.1, -0.05) is 30.3 Å². The van der Waals surface area contributed by atoms with Crippen molar-refractivity contribution in [2.75, 3.05) is 17.2 Å². The van der Waals surface area contributed by atoms with Crippen molar-refractivity contribution < 1.29 is 9.21 Å². The summed E-state index contributed by atoms with van der Waals surface area (Å²) < 4.78 is 5.44. The van der Waals surface area contributed by atoms with E-state index in [0.717, 1.165) is 28.9 Å². The number of furan rings is 1. The predicted molar refractivity (Wildman–Crippen MR) is 110 cm³/mol. The first-order valence-electron chi connectivity index (χ1n) is 8.78. The molecule has 0 atom stereocenters. The SMILES string of the molecule is CCNc1ccc(Cc2cnc(NC(=O)c3coc4ccccc34)s2)cc1. The lowest BCUT2D eigenvalue weighted by Crippen LogP contribution is -2.10. The predicted octanol–water partition coefficient (Wildman–Crippen LogP) is 5.16. The van der Waals surface area contributed by atoms with Crippen LogP contribution >= 0.6 is 11.3 Å². The van der Waals surface area contributed by atoms with E-state index >= 15 is 0 Å². The van der Waals surface area contributed by atoms with Crippen molar-refractivity contribution in [2.45, 2.75) is 13.3 Å². The molecular weight excluding hydrogens is 358 g/mol. The molecular formula is C21H19N3O2S. The third kappa shape index (κ3) is 3.85. The molecule has 0 fully saturated rings. The summed E-state index contributed by atoms with van der Waals surface area (Å²) in [6.07, 6.45) is 4.08. The van der Waals surface area contributed by atoms with Gasteiger partial charge in [-0.15, -0.1) is 11.3 Å². The van der Waals surface area contributed by atoms with Crippen LogP contribution in [0.25, 0.3) is 11.0 Å². The number of carbonyl (C=O) groups excluding carboxylic acids is 1. The molecule has 0 bridgehead atoms. The summed E-state index contributed by atoms with van der Waals surface area (Å²) in [4.78, 5) is 18.0. The molecule has 136 valence electrons. The fourth-order valence-electron chi connectivity index (χ4n) is 2.91. The highest BCUT2D eigenvalue weighted by Gasteiger charge is 2.15. The number of carbonyl (C=O) groups is 1. The number of rotatable bonds is 6. The van der Waals surface area contributed by atoms with Crippen LogP contribution in [0.15, 0.2) is 65.4 Å². The number of amides is 1. The fraction of sp³-hybridized carbons (Fsp3) is 0.143. The van der Waals surface area contributed by atoms with Crippen molar-refractivity contribution in [2.24, 2.45) is 0 Å². The molecule has 2 aromatic heterocycles. The molecule has 4 aromatic rings. The summed E-state index contributed by atoms with van der Waals surface area (Å²) >= 11 is 1.48. The Morgan fingerprint density at radius 1 is 1.15 bits per heavy atom. The van der Waals surface area contributed by atoms with Gasteiger partial charge in [-0.05, 0) is 30.7 Å². The molecule has 0 aliphatic carbocycles. The van der Waals surface area contributed by atoms with Crippen LogP contribution in [0.2, 0.25) is 0 Å². The Kier molecular flexibility index (Phi) is 4.89. The highest BCUT2D eigenvalue weighted by molar-refractivity contribution is 7.15. The molecule has 2 heterocycles. The van der Waals surface area contributed by atoms with Crippen LogP contribution < -0.4 is 10.6 Å². The highest BCUT2D eigenvalue weighted by Crippen LogP contribution is 2.25. The Bertz CT molecular complexity index is 1070. The smallest absolute Gasteiger partial charge is 0.261 e. The molecule has 0 unspecified atom stereocenters. The minimum Gasteiger partial charge on any atom is -0.463 e. The first-order chi connectivity index (χ1) is 13.2. The van der Waals surface area contributed by atoms with Crippen molar-refractivity contribution in [3.05, 3.63) is 77.0 Å². The first kappa shape index (κ1) is 17.3. The molecule has 0 aliphatic rings. The number of aromatic nitrogens is 1. The Labute approximate surface area is 161 Å². The first-order valence-corrected chi connectivity index (χ1v) is 9.59. The van der Waals surface area contributed by atoms with Gasteiger partial charge in [-0.3, -0.25) is 10.1 Å². The van der Waals surface area contributed by atoms with Crippen LogP contribution in [0.5, 0.6) is 0 Å². The van der Waals surface area contributed by atoms with E-state index in [4.69, 9.17) is 4.42 Å². The van der Waals surface area contributed by atoms with Gasteiger partial charge in [0.1, 0.15) is 11.8 Å². The molecule has 0 spiro atoms. The fourth-order valence-corrected chi connectivity index (χ4v) is 3.75. The van der Waals surface area contributed by atoms with Crippen molar-refractivity contribution >= 4 is 39.0 Å². The van der Waals surface area contributed by atoms with E-state index in [9.17, 15) is 4.79 Å². The zero-order chi connectivity index (χ0) is 18.6. The Hall–Kier alpha value is -3.12. The lowest BCUT2D eigenvalue weighted by atomic mass is 10.1. The maximum atomic E-state index is 12.5. The van der Waals surface area contributed by atoms with Crippen molar-refractivity contribution in [1.82, 2.24) is 4.98 Å². The van der Waals surface area contributed by atoms with Gasteiger partial charge < -0.3 is 9.73 Å². The van der Waals surface area contributed by atoms with Crippen LogP contribution in [0.3, 0.4) is 0 Å². The average molecular weight is 377 g/mol. The number of nitrogens with zero attached hydrogens (tertiary/aromatic N) is 1. The van der Waals surface area contributed by atoms with Gasteiger partial charge in [0.05, 0.1) is 5.56 Å². The van der Waals surface area contributed by atoms with Gasteiger partial charge in [0.15, 0.2) is 5.13 Å². The summed E-state index contributed by atoms with van der Waals surface area (Å²) in [5, 5.41) is 7.54. The second-order valence-corrected chi connectivity index (χ2v) is 7.25. The molecule has 0 radical (unpaired) electrons. The van der Waals surface area contributed by atoms with Gasteiger partial charge in [0, 0.05) is 35.1 Å². The van der Waals surface area contributed by atoms with Crippen molar-refractivity contribution in [3.63, 3.8) is 0 Å². The summed E-state index contributed by atoms with van der Waals surface area (Å²) in [7, 11) is 0. The Morgan fingerprint density at radius 2 is 1.96 bits per heavy atom. The van der Waals surface area contributed by atoms with E-state index in [0.29, 0.717) is 16.3 Å².